The lowest BCUT2D eigenvalue weighted by atomic mass is 9.76. The molecule has 5 heteroatoms. The van der Waals surface area contributed by atoms with E-state index in [9.17, 15) is 9.90 Å². The zero-order valence-electron chi connectivity index (χ0n) is 14.9. The van der Waals surface area contributed by atoms with Gasteiger partial charge in [-0.1, -0.05) is 56.6 Å². The largest absolute Gasteiger partial charge is 0.465 e. The molecule has 3 N–H and O–H groups in total. The van der Waals surface area contributed by atoms with Crippen molar-refractivity contribution in [3.63, 3.8) is 0 Å². The third kappa shape index (κ3) is 5.40. The van der Waals surface area contributed by atoms with Gasteiger partial charge in [0.1, 0.15) is 0 Å². The first-order chi connectivity index (χ1) is 11.7. The second-order valence-electron chi connectivity index (χ2n) is 7.38. The average molecular weight is 361 g/mol. The van der Waals surface area contributed by atoms with Crippen LogP contribution in [0.1, 0.15) is 37.8 Å². The van der Waals surface area contributed by atoms with E-state index in [0.717, 1.165) is 11.1 Å². The number of hydrogen-bond donors (Lipinski definition) is 2. The Morgan fingerprint density at radius 3 is 2.44 bits per heavy atom. The summed E-state index contributed by atoms with van der Waals surface area (Å²) in [5, 5.41) is 10.3. The number of benzene rings is 2. The van der Waals surface area contributed by atoms with Crippen molar-refractivity contribution in [1.82, 2.24) is 4.90 Å². The molecule has 0 heterocycles. The highest BCUT2D eigenvalue weighted by atomic mass is 35.5. The summed E-state index contributed by atoms with van der Waals surface area (Å²) in [6.07, 6.45) is -0.946. The van der Waals surface area contributed by atoms with Crippen LogP contribution < -0.4 is 5.73 Å². The first-order valence-corrected chi connectivity index (χ1v) is 8.62. The van der Waals surface area contributed by atoms with Crippen LogP contribution >= 0.6 is 11.6 Å². The minimum atomic E-state index is -0.946. The van der Waals surface area contributed by atoms with Crippen LogP contribution in [0, 0.1) is 5.41 Å². The molecule has 2 aromatic rings. The van der Waals surface area contributed by atoms with Gasteiger partial charge in [-0.3, -0.25) is 0 Å². The molecule has 0 aliphatic heterocycles. The fraction of sp³-hybridized carbons (Fsp3) is 0.350. The highest BCUT2D eigenvalue weighted by Gasteiger charge is 2.30. The van der Waals surface area contributed by atoms with Gasteiger partial charge in [0.05, 0.1) is 0 Å². The van der Waals surface area contributed by atoms with Crippen molar-refractivity contribution in [3.05, 3.63) is 64.7 Å². The van der Waals surface area contributed by atoms with Crippen LogP contribution in [0.2, 0.25) is 5.02 Å². The fourth-order valence-corrected chi connectivity index (χ4v) is 3.14. The van der Waals surface area contributed by atoms with Crippen molar-refractivity contribution in [2.75, 3.05) is 12.3 Å². The SMILES string of the molecule is CC(C)(C)C(CN(Cc1cccc(N)c1)C(=O)O)c1cccc(Cl)c1. The number of nitrogens with two attached hydrogens (primary N) is 1. The van der Waals surface area contributed by atoms with Crippen LogP contribution in [-0.4, -0.2) is 22.6 Å². The minimum Gasteiger partial charge on any atom is -0.465 e. The van der Waals surface area contributed by atoms with Crippen LogP contribution in [0.15, 0.2) is 48.5 Å². The van der Waals surface area contributed by atoms with Crippen LogP contribution in [0.5, 0.6) is 0 Å². The van der Waals surface area contributed by atoms with Crippen molar-refractivity contribution in [3.8, 4) is 0 Å². The summed E-state index contributed by atoms with van der Waals surface area (Å²) >= 11 is 6.14. The molecule has 2 aromatic carbocycles. The maximum absolute atomic E-state index is 11.8. The van der Waals surface area contributed by atoms with E-state index in [2.05, 4.69) is 20.8 Å². The van der Waals surface area contributed by atoms with Gasteiger partial charge in [-0.25, -0.2) is 4.79 Å². The van der Waals surface area contributed by atoms with E-state index in [4.69, 9.17) is 17.3 Å². The van der Waals surface area contributed by atoms with Gasteiger partial charge in [0, 0.05) is 29.7 Å². The van der Waals surface area contributed by atoms with Gasteiger partial charge in [0.15, 0.2) is 0 Å². The smallest absolute Gasteiger partial charge is 0.407 e. The van der Waals surface area contributed by atoms with Gasteiger partial charge in [-0.05, 0) is 40.8 Å². The predicted molar refractivity (Wildman–Crippen MR) is 103 cm³/mol. The second-order valence-corrected chi connectivity index (χ2v) is 7.82. The van der Waals surface area contributed by atoms with E-state index in [-0.39, 0.29) is 11.3 Å². The third-order valence-corrected chi connectivity index (χ3v) is 4.53. The van der Waals surface area contributed by atoms with Crippen LogP contribution in [0.25, 0.3) is 0 Å². The van der Waals surface area contributed by atoms with Crippen LogP contribution in [-0.2, 0) is 6.54 Å². The highest BCUT2D eigenvalue weighted by Crippen LogP contribution is 2.37. The zero-order chi connectivity index (χ0) is 18.6. The van der Waals surface area contributed by atoms with E-state index in [1.54, 1.807) is 12.1 Å². The van der Waals surface area contributed by atoms with E-state index in [1.165, 1.54) is 4.90 Å². The fourth-order valence-electron chi connectivity index (χ4n) is 2.95. The standard InChI is InChI=1S/C20H25ClN2O2/c1-20(2,3)18(15-7-5-8-16(21)11-15)13-23(19(24)25)12-14-6-4-9-17(22)10-14/h4-11,18H,12-13,22H2,1-3H3,(H,24,25). The zero-order valence-corrected chi connectivity index (χ0v) is 15.6. The first kappa shape index (κ1) is 19.1. The summed E-state index contributed by atoms with van der Waals surface area (Å²) < 4.78 is 0. The molecule has 1 atom stereocenters. The van der Waals surface area contributed by atoms with Gasteiger partial charge in [0.25, 0.3) is 0 Å². The number of nitrogens with zero attached hydrogens (tertiary/aromatic N) is 1. The van der Waals surface area contributed by atoms with Gasteiger partial charge >= 0.3 is 6.09 Å². The number of hydrogen-bond acceptors (Lipinski definition) is 2. The quantitative estimate of drug-likeness (QED) is 0.717. The van der Waals surface area contributed by atoms with Crippen molar-refractivity contribution < 1.29 is 9.90 Å². The first-order valence-electron chi connectivity index (χ1n) is 8.24. The minimum absolute atomic E-state index is 0.0170. The highest BCUT2D eigenvalue weighted by molar-refractivity contribution is 6.30. The topological polar surface area (TPSA) is 66.6 Å². The van der Waals surface area contributed by atoms with Crippen LogP contribution in [0.3, 0.4) is 0 Å². The maximum atomic E-state index is 11.8. The van der Waals surface area contributed by atoms with E-state index in [0.29, 0.717) is 23.8 Å². The Kier molecular flexibility index (Phi) is 5.96. The number of amides is 1. The Morgan fingerprint density at radius 1 is 1.20 bits per heavy atom. The monoisotopic (exact) mass is 360 g/mol. The molecule has 1 unspecified atom stereocenters. The number of halogens is 1. The van der Waals surface area contributed by atoms with Crippen molar-refractivity contribution >= 4 is 23.4 Å². The molecule has 0 radical (unpaired) electrons. The number of nitrogen functional groups attached to an aromatic ring is 1. The molecule has 0 aromatic heterocycles. The number of anilines is 1. The van der Waals surface area contributed by atoms with Crippen LogP contribution in [0.4, 0.5) is 10.5 Å². The van der Waals surface area contributed by atoms with Crippen molar-refractivity contribution in [2.45, 2.75) is 33.2 Å². The normalized spacial score (nSPS) is 12.6. The Labute approximate surface area is 154 Å². The lowest BCUT2D eigenvalue weighted by Crippen LogP contribution is -2.37. The lowest BCUT2D eigenvalue weighted by Gasteiger charge is -2.35. The van der Waals surface area contributed by atoms with Gasteiger partial charge < -0.3 is 15.7 Å². The Morgan fingerprint density at radius 2 is 1.88 bits per heavy atom. The summed E-state index contributed by atoms with van der Waals surface area (Å²) in [5.74, 6) is 0.0170. The number of carbonyl (C=O) groups is 1. The Bertz CT molecular complexity index is 740. The Balaban J connectivity index is 2.28. The van der Waals surface area contributed by atoms with E-state index in [1.807, 2.05) is 36.4 Å². The molecule has 0 spiro atoms. The molecule has 0 saturated carbocycles. The molecule has 2 rings (SSSR count). The molecule has 1 amide bonds. The summed E-state index contributed by atoms with van der Waals surface area (Å²) in [6.45, 7) is 7.01. The molecular formula is C20H25ClN2O2. The molecule has 0 fully saturated rings. The van der Waals surface area contributed by atoms with E-state index >= 15 is 0 Å². The summed E-state index contributed by atoms with van der Waals surface area (Å²) in [7, 11) is 0. The van der Waals surface area contributed by atoms with Gasteiger partial charge in [0.2, 0.25) is 0 Å². The van der Waals surface area contributed by atoms with Crippen molar-refractivity contribution in [2.24, 2.45) is 5.41 Å². The molecule has 4 nitrogen and oxygen atoms in total. The number of carboxylic acid groups (broad SMARTS) is 1. The second kappa shape index (κ2) is 7.79. The van der Waals surface area contributed by atoms with Crippen molar-refractivity contribution in [1.29, 1.82) is 0 Å². The van der Waals surface area contributed by atoms with Gasteiger partial charge in [-0.2, -0.15) is 0 Å². The third-order valence-electron chi connectivity index (χ3n) is 4.29. The average Bonchev–Trinajstić information content (AvgIpc) is 2.49. The summed E-state index contributed by atoms with van der Waals surface area (Å²) in [6, 6.07) is 15.0. The molecule has 0 aliphatic rings. The van der Waals surface area contributed by atoms with E-state index < -0.39 is 6.09 Å². The molecule has 0 aliphatic carbocycles. The summed E-state index contributed by atoms with van der Waals surface area (Å²) in [4.78, 5) is 13.3. The molecule has 25 heavy (non-hydrogen) atoms. The molecule has 0 bridgehead atoms. The maximum Gasteiger partial charge on any atom is 0.407 e. The predicted octanol–water partition coefficient (Wildman–Crippen LogP) is 5.23. The number of rotatable bonds is 5. The molecule has 0 saturated heterocycles. The summed E-state index contributed by atoms with van der Waals surface area (Å²) in [5.41, 5.74) is 8.24. The Hall–Kier alpha value is -2.20. The molecule has 134 valence electrons. The lowest BCUT2D eigenvalue weighted by molar-refractivity contribution is 0.128. The van der Waals surface area contributed by atoms with Gasteiger partial charge in [-0.15, -0.1) is 0 Å². The molecular weight excluding hydrogens is 336 g/mol.